The quantitative estimate of drug-likeness (QED) is 0.289. The Kier molecular flexibility index (Phi) is 5.41. The zero-order valence-electron chi connectivity index (χ0n) is 16.1. The zero-order valence-corrected chi connectivity index (χ0v) is 16.9. The van der Waals surface area contributed by atoms with Crippen molar-refractivity contribution in [3.05, 3.63) is 76.2 Å². The molecule has 33 heavy (non-hydrogen) atoms. The first-order valence-electron chi connectivity index (χ1n) is 9.01. The van der Waals surface area contributed by atoms with Crippen LogP contribution in [0.3, 0.4) is 0 Å². The number of aromatic nitrogens is 4. The molecule has 0 unspecified atom stereocenters. The van der Waals surface area contributed by atoms with Crippen LogP contribution < -0.4 is 5.73 Å². The Hall–Kier alpha value is -3.78. The van der Waals surface area contributed by atoms with Crippen molar-refractivity contribution in [3.8, 4) is 23.1 Å². The molecule has 0 aliphatic carbocycles. The lowest BCUT2D eigenvalue weighted by molar-refractivity contribution is -0.141. The molecule has 0 amide bonds. The first kappa shape index (κ1) is 22.4. The predicted molar refractivity (Wildman–Crippen MR) is 108 cm³/mol. The van der Waals surface area contributed by atoms with Crippen LogP contribution in [0.1, 0.15) is 22.4 Å². The molecule has 2 N–H and O–H groups in total. The summed E-state index contributed by atoms with van der Waals surface area (Å²) in [5.41, 5.74) is 2.48. The molecule has 12 heteroatoms. The van der Waals surface area contributed by atoms with Crippen LogP contribution in [0.15, 0.2) is 48.8 Å². The number of hydrogen-bond donors (Lipinski definition) is 1. The first-order valence-corrected chi connectivity index (χ1v) is 9.38. The number of hydrogen-bond acceptors (Lipinski definition) is 4. The van der Waals surface area contributed by atoms with E-state index in [-0.39, 0.29) is 11.2 Å². The van der Waals surface area contributed by atoms with Crippen LogP contribution >= 0.6 is 11.6 Å². The van der Waals surface area contributed by atoms with E-state index >= 15 is 0 Å². The first-order chi connectivity index (χ1) is 15.4. The molecule has 168 valence electrons. The van der Waals surface area contributed by atoms with E-state index in [1.54, 1.807) is 24.3 Å². The van der Waals surface area contributed by atoms with Crippen LogP contribution in [-0.4, -0.2) is 19.6 Å². The summed E-state index contributed by atoms with van der Waals surface area (Å²) in [6, 6.07) is 8.51. The molecule has 1 aromatic carbocycles. The summed E-state index contributed by atoms with van der Waals surface area (Å²) in [4.78, 5) is 7.66. The number of rotatable bonds is 1. The highest BCUT2D eigenvalue weighted by atomic mass is 35.5. The van der Waals surface area contributed by atoms with Crippen LogP contribution in [0, 0.1) is 11.8 Å². The second kappa shape index (κ2) is 7.97. The smallest absolute Gasteiger partial charge is 0.383 e. The van der Waals surface area contributed by atoms with E-state index in [1.807, 2.05) is 0 Å². The third kappa shape index (κ3) is 4.56. The van der Waals surface area contributed by atoms with Crippen LogP contribution in [0.5, 0.6) is 0 Å². The van der Waals surface area contributed by atoms with Gasteiger partial charge in [0, 0.05) is 28.5 Å². The number of nitrogens with zero attached hydrogens (tertiary/aromatic N) is 4. The van der Waals surface area contributed by atoms with Gasteiger partial charge in [-0.15, -0.1) is 0 Å². The molecule has 0 aliphatic rings. The average Bonchev–Trinajstić information content (AvgIpc) is 3.11. The van der Waals surface area contributed by atoms with Gasteiger partial charge < -0.3 is 5.73 Å². The number of fused-ring (bicyclic) bond motifs is 1. The summed E-state index contributed by atoms with van der Waals surface area (Å²) in [6.07, 6.45) is -7.47. The maximum atomic E-state index is 13.6. The fourth-order valence-corrected chi connectivity index (χ4v) is 3.06. The Balaban J connectivity index is 1.88. The molecule has 4 rings (SSSR count). The topological polar surface area (TPSA) is 69.1 Å². The molecule has 3 heterocycles. The van der Waals surface area contributed by atoms with Gasteiger partial charge in [0.25, 0.3) is 0 Å². The summed E-state index contributed by atoms with van der Waals surface area (Å²) in [5, 5.41) is 3.97. The third-order valence-corrected chi connectivity index (χ3v) is 4.70. The van der Waals surface area contributed by atoms with Gasteiger partial charge in [-0.05, 0) is 24.3 Å². The van der Waals surface area contributed by atoms with Gasteiger partial charge in [0.15, 0.2) is 11.3 Å². The summed E-state index contributed by atoms with van der Waals surface area (Å²) < 4.78 is 80.8. The van der Waals surface area contributed by atoms with Crippen molar-refractivity contribution in [1.82, 2.24) is 19.6 Å². The van der Waals surface area contributed by atoms with Crippen LogP contribution in [0.25, 0.3) is 16.9 Å². The molecule has 4 aromatic rings. The van der Waals surface area contributed by atoms with E-state index in [0.717, 1.165) is 10.7 Å². The van der Waals surface area contributed by atoms with E-state index in [4.69, 9.17) is 17.3 Å². The van der Waals surface area contributed by atoms with E-state index in [0.29, 0.717) is 22.3 Å². The van der Waals surface area contributed by atoms with Gasteiger partial charge in [-0.1, -0.05) is 35.6 Å². The molecule has 3 aromatic heterocycles. The standard InChI is InChI=1S/C21H10ClF6N5/c22-13-4-2-12(3-5-13)16-7-8-33-19(31-16)14(17(32-33)21(26,27)28)6-1-11-9-15(20(23,24)25)18(29)30-10-11/h2-5,7-10H,(H2,29,30). The van der Waals surface area contributed by atoms with Crippen molar-refractivity contribution in [3.63, 3.8) is 0 Å². The van der Waals surface area contributed by atoms with E-state index in [9.17, 15) is 26.3 Å². The summed E-state index contributed by atoms with van der Waals surface area (Å²) in [7, 11) is 0. The Bertz CT molecular complexity index is 1410. The predicted octanol–water partition coefficient (Wildman–Crippen LogP) is 5.46. The third-order valence-electron chi connectivity index (χ3n) is 4.45. The highest BCUT2D eigenvalue weighted by molar-refractivity contribution is 6.30. The van der Waals surface area contributed by atoms with Crippen LogP contribution in [0.2, 0.25) is 5.02 Å². The molecule has 0 radical (unpaired) electrons. The van der Waals surface area contributed by atoms with Gasteiger partial charge in [-0.25, -0.2) is 14.5 Å². The van der Waals surface area contributed by atoms with E-state index in [1.165, 1.54) is 12.3 Å². The molecule has 0 saturated heterocycles. The number of pyridine rings is 1. The minimum atomic E-state index is -4.88. The van der Waals surface area contributed by atoms with E-state index in [2.05, 4.69) is 26.9 Å². The molecule has 0 aliphatic heterocycles. The SMILES string of the molecule is Nc1ncc(C#Cc2c(C(F)(F)F)nn3ccc(-c4ccc(Cl)cc4)nc23)cc1C(F)(F)F. The minimum Gasteiger partial charge on any atom is -0.383 e. The summed E-state index contributed by atoms with van der Waals surface area (Å²) in [6.45, 7) is 0. The fraction of sp³-hybridized carbons (Fsp3) is 0.0952. The van der Waals surface area contributed by atoms with Crippen molar-refractivity contribution >= 4 is 23.1 Å². The Morgan fingerprint density at radius 3 is 2.27 bits per heavy atom. The Labute approximate surface area is 186 Å². The number of anilines is 1. The lowest BCUT2D eigenvalue weighted by Gasteiger charge is -2.08. The van der Waals surface area contributed by atoms with Gasteiger partial charge in [-0.2, -0.15) is 31.4 Å². The zero-order chi connectivity index (χ0) is 24.0. The van der Waals surface area contributed by atoms with Crippen molar-refractivity contribution in [2.45, 2.75) is 12.4 Å². The Morgan fingerprint density at radius 1 is 0.939 bits per heavy atom. The number of nitrogen functional groups attached to an aromatic ring is 1. The highest BCUT2D eigenvalue weighted by Crippen LogP contribution is 2.34. The molecule has 0 spiro atoms. The highest BCUT2D eigenvalue weighted by Gasteiger charge is 2.38. The number of nitrogens with two attached hydrogens (primary N) is 1. The largest absolute Gasteiger partial charge is 0.436 e. The molecular weight excluding hydrogens is 472 g/mol. The normalized spacial score (nSPS) is 12.0. The lowest BCUT2D eigenvalue weighted by Crippen LogP contribution is -2.10. The number of halogens is 7. The van der Waals surface area contributed by atoms with Crippen molar-refractivity contribution in [2.75, 3.05) is 5.73 Å². The molecular formula is C21H10ClF6N5. The maximum absolute atomic E-state index is 13.6. The van der Waals surface area contributed by atoms with Gasteiger partial charge in [0.05, 0.1) is 11.3 Å². The van der Waals surface area contributed by atoms with Crippen LogP contribution in [-0.2, 0) is 12.4 Å². The summed E-state index contributed by atoms with van der Waals surface area (Å²) >= 11 is 5.86. The second-order valence-corrected chi connectivity index (χ2v) is 7.15. The average molecular weight is 482 g/mol. The van der Waals surface area contributed by atoms with Crippen molar-refractivity contribution < 1.29 is 26.3 Å². The second-order valence-electron chi connectivity index (χ2n) is 6.71. The monoisotopic (exact) mass is 481 g/mol. The maximum Gasteiger partial charge on any atom is 0.436 e. The van der Waals surface area contributed by atoms with Crippen molar-refractivity contribution in [1.29, 1.82) is 0 Å². The van der Waals surface area contributed by atoms with Crippen molar-refractivity contribution in [2.24, 2.45) is 0 Å². The van der Waals surface area contributed by atoms with E-state index < -0.39 is 35.0 Å². The minimum absolute atomic E-state index is 0.221. The molecule has 0 saturated carbocycles. The molecule has 0 atom stereocenters. The number of benzene rings is 1. The van der Waals surface area contributed by atoms with Gasteiger partial charge in [-0.3, -0.25) is 0 Å². The fourth-order valence-electron chi connectivity index (χ4n) is 2.93. The lowest BCUT2D eigenvalue weighted by atomic mass is 10.1. The van der Waals surface area contributed by atoms with Gasteiger partial charge in [0.1, 0.15) is 11.4 Å². The molecule has 0 bridgehead atoms. The van der Waals surface area contributed by atoms with Gasteiger partial charge >= 0.3 is 12.4 Å². The van der Waals surface area contributed by atoms with Crippen LogP contribution in [0.4, 0.5) is 32.2 Å². The molecule has 0 fully saturated rings. The molecule has 5 nitrogen and oxygen atoms in total. The van der Waals surface area contributed by atoms with Gasteiger partial charge in [0.2, 0.25) is 0 Å². The Morgan fingerprint density at radius 2 is 1.64 bits per heavy atom. The number of alkyl halides is 6. The summed E-state index contributed by atoms with van der Waals surface area (Å²) in [5.74, 6) is 3.77.